The summed E-state index contributed by atoms with van der Waals surface area (Å²) in [7, 11) is 0. The number of hydrogen-bond acceptors (Lipinski definition) is 2. The van der Waals surface area contributed by atoms with E-state index in [1.165, 1.54) is 35.0 Å². The lowest BCUT2D eigenvalue weighted by Gasteiger charge is -2.16. The molecule has 3 nitrogen and oxygen atoms in total. The van der Waals surface area contributed by atoms with Crippen molar-refractivity contribution >= 4 is 45.2 Å². The van der Waals surface area contributed by atoms with Crippen molar-refractivity contribution in [2.45, 2.75) is 25.3 Å². The molecule has 0 aliphatic carbocycles. The minimum atomic E-state index is 0.477. The lowest BCUT2D eigenvalue weighted by molar-refractivity contribution is 0.323. The Balaban J connectivity index is 1.87. The molecule has 0 saturated carbocycles. The van der Waals surface area contributed by atoms with Crippen molar-refractivity contribution in [3.63, 3.8) is 0 Å². The highest BCUT2D eigenvalue weighted by molar-refractivity contribution is 14.1. The van der Waals surface area contributed by atoms with Crippen molar-refractivity contribution in [1.29, 1.82) is 0 Å². The molecule has 0 N–H and O–H groups in total. The van der Waals surface area contributed by atoms with Gasteiger partial charge in [-0.1, -0.05) is 0 Å². The summed E-state index contributed by atoms with van der Waals surface area (Å²) in [5, 5.41) is 0. The Morgan fingerprint density at radius 2 is 2.00 bits per heavy atom. The molecule has 102 valence electrons. The Labute approximate surface area is 132 Å². The first-order chi connectivity index (χ1) is 9.28. The average Bonchev–Trinajstić information content (AvgIpc) is 3.02. The van der Waals surface area contributed by atoms with Crippen molar-refractivity contribution in [3.05, 3.63) is 27.6 Å². The topological polar surface area (TPSA) is 21.1 Å². The standard InChI is InChI=1S/C14H17ClIN3/c15-10-14-17-12-9-11(16)3-4-13(12)19(14)8-7-18-5-1-2-6-18/h3-4,9H,1-2,5-8,10H2. The number of halogens is 2. The van der Waals surface area contributed by atoms with Crippen LogP contribution in [0.1, 0.15) is 18.7 Å². The smallest absolute Gasteiger partial charge is 0.124 e. The molecule has 0 spiro atoms. The third-order valence-electron chi connectivity index (χ3n) is 3.75. The molecule has 1 aromatic heterocycles. The molecular weight excluding hydrogens is 373 g/mol. The predicted molar refractivity (Wildman–Crippen MR) is 87.7 cm³/mol. The molecule has 3 rings (SSSR count). The van der Waals surface area contributed by atoms with Gasteiger partial charge in [0.15, 0.2) is 0 Å². The molecule has 0 unspecified atom stereocenters. The van der Waals surface area contributed by atoms with Gasteiger partial charge in [0.25, 0.3) is 0 Å². The summed E-state index contributed by atoms with van der Waals surface area (Å²) in [5.74, 6) is 1.46. The number of nitrogens with zero attached hydrogens (tertiary/aromatic N) is 3. The molecule has 5 heteroatoms. The zero-order valence-electron chi connectivity index (χ0n) is 10.8. The first kappa shape index (κ1) is 13.6. The van der Waals surface area contributed by atoms with Gasteiger partial charge in [-0.15, -0.1) is 11.6 Å². The number of imidazole rings is 1. The Hall–Kier alpha value is -0.330. The van der Waals surface area contributed by atoms with Crippen molar-refractivity contribution in [1.82, 2.24) is 14.5 Å². The van der Waals surface area contributed by atoms with Gasteiger partial charge in [-0.2, -0.15) is 0 Å². The van der Waals surface area contributed by atoms with Crippen molar-refractivity contribution < 1.29 is 0 Å². The monoisotopic (exact) mass is 389 g/mol. The zero-order valence-corrected chi connectivity index (χ0v) is 13.7. The van der Waals surface area contributed by atoms with Crippen LogP contribution in [0.2, 0.25) is 0 Å². The Kier molecular flexibility index (Phi) is 4.29. The fourth-order valence-electron chi connectivity index (χ4n) is 2.75. The maximum absolute atomic E-state index is 6.04. The van der Waals surface area contributed by atoms with E-state index >= 15 is 0 Å². The molecule has 2 heterocycles. The van der Waals surface area contributed by atoms with E-state index in [1.54, 1.807) is 0 Å². The number of fused-ring (bicyclic) bond motifs is 1. The summed E-state index contributed by atoms with van der Waals surface area (Å²) in [6.07, 6.45) is 2.68. The van der Waals surface area contributed by atoms with E-state index in [9.17, 15) is 0 Å². The van der Waals surface area contributed by atoms with Gasteiger partial charge in [0.1, 0.15) is 5.82 Å². The van der Waals surface area contributed by atoms with Crippen LogP contribution in [-0.2, 0) is 12.4 Å². The van der Waals surface area contributed by atoms with Gasteiger partial charge in [-0.3, -0.25) is 0 Å². The summed E-state index contributed by atoms with van der Waals surface area (Å²) in [6.45, 7) is 4.56. The Bertz CT molecular complexity index is 575. The first-order valence-electron chi connectivity index (χ1n) is 6.71. The fraction of sp³-hybridized carbons (Fsp3) is 0.500. The molecule has 1 aromatic carbocycles. The highest BCUT2D eigenvalue weighted by atomic mass is 127. The van der Waals surface area contributed by atoms with Gasteiger partial charge in [-0.25, -0.2) is 4.98 Å². The third-order valence-corrected chi connectivity index (χ3v) is 4.66. The molecule has 1 aliphatic heterocycles. The molecule has 2 aromatic rings. The summed E-state index contributed by atoms with van der Waals surface area (Å²) in [5.41, 5.74) is 2.26. The van der Waals surface area contributed by atoms with E-state index in [0.29, 0.717) is 5.88 Å². The van der Waals surface area contributed by atoms with Gasteiger partial charge in [0.2, 0.25) is 0 Å². The van der Waals surface area contributed by atoms with Gasteiger partial charge >= 0.3 is 0 Å². The highest BCUT2D eigenvalue weighted by Gasteiger charge is 2.14. The van der Waals surface area contributed by atoms with Crippen LogP contribution in [0, 0.1) is 3.57 Å². The van der Waals surface area contributed by atoms with Crippen molar-refractivity contribution in [2.24, 2.45) is 0 Å². The number of aromatic nitrogens is 2. The second kappa shape index (κ2) is 5.97. The maximum Gasteiger partial charge on any atom is 0.124 e. The lowest BCUT2D eigenvalue weighted by atomic mass is 10.3. The molecule has 0 bridgehead atoms. The predicted octanol–water partition coefficient (Wildman–Crippen LogP) is 3.48. The van der Waals surface area contributed by atoms with E-state index in [4.69, 9.17) is 11.6 Å². The summed E-state index contributed by atoms with van der Waals surface area (Å²) >= 11 is 8.36. The van der Waals surface area contributed by atoms with Crippen molar-refractivity contribution in [3.8, 4) is 0 Å². The van der Waals surface area contributed by atoms with Crippen LogP contribution in [0.4, 0.5) is 0 Å². The largest absolute Gasteiger partial charge is 0.326 e. The highest BCUT2D eigenvalue weighted by Crippen LogP contribution is 2.20. The van der Waals surface area contributed by atoms with Crippen LogP contribution in [0.5, 0.6) is 0 Å². The quantitative estimate of drug-likeness (QED) is 0.590. The summed E-state index contributed by atoms with van der Waals surface area (Å²) in [6, 6.07) is 6.41. The van der Waals surface area contributed by atoms with Crippen LogP contribution in [-0.4, -0.2) is 34.1 Å². The molecule has 0 radical (unpaired) electrons. The van der Waals surface area contributed by atoms with Crippen LogP contribution in [0.15, 0.2) is 18.2 Å². The van der Waals surface area contributed by atoms with E-state index < -0.39 is 0 Å². The molecule has 19 heavy (non-hydrogen) atoms. The van der Waals surface area contributed by atoms with Gasteiger partial charge in [0, 0.05) is 16.7 Å². The minimum absolute atomic E-state index is 0.477. The van der Waals surface area contributed by atoms with E-state index in [2.05, 4.69) is 55.2 Å². The molecule has 1 saturated heterocycles. The number of hydrogen-bond donors (Lipinski definition) is 0. The zero-order chi connectivity index (χ0) is 13.2. The Morgan fingerprint density at radius 3 is 2.74 bits per heavy atom. The van der Waals surface area contributed by atoms with Crippen LogP contribution >= 0.6 is 34.2 Å². The fourth-order valence-corrected chi connectivity index (χ4v) is 3.43. The molecule has 0 atom stereocenters. The maximum atomic E-state index is 6.04. The number of rotatable bonds is 4. The van der Waals surface area contributed by atoms with E-state index in [0.717, 1.165) is 24.4 Å². The molecular formula is C14H17ClIN3. The van der Waals surface area contributed by atoms with E-state index in [1.807, 2.05) is 0 Å². The molecule has 0 amide bonds. The number of alkyl halides is 1. The second-order valence-electron chi connectivity index (χ2n) is 5.00. The van der Waals surface area contributed by atoms with Crippen LogP contribution < -0.4 is 0 Å². The van der Waals surface area contributed by atoms with Crippen LogP contribution in [0.3, 0.4) is 0 Å². The lowest BCUT2D eigenvalue weighted by Crippen LogP contribution is -2.24. The number of likely N-dealkylation sites (tertiary alicyclic amines) is 1. The normalized spacial score (nSPS) is 16.5. The number of benzene rings is 1. The van der Waals surface area contributed by atoms with Gasteiger partial charge in [-0.05, 0) is 66.7 Å². The van der Waals surface area contributed by atoms with E-state index in [-0.39, 0.29) is 0 Å². The molecule has 1 aliphatic rings. The Morgan fingerprint density at radius 1 is 1.21 bits per heavy atom. The van der Waals surface area contributed by atoms with Crippen LogP contribution in [0.25, 0.3) is 11.0 Å². The average molecular weight is 390 g/mol. The summed E-state index contributed by atoms with van der Waals surface area (Å²) in [4.78, 5) is 7.17. The van der Waals surface area contributed by atoms with Crippen molar-refractivity contribution in [2.75, 3.05) is 19.6 Å². The third kappa shape index (κ3) is 2.90. The van der Waals surface area contributed by atoms with Gasteiger partial charge in [0.05, 0.1) is 16.9 Å². The minimum Gasteiger partial charge on any atom is -0.326 e. The summed E-state index contributed by atoms with van der Waals surface area (Å²) < 4.78 is 3.49. The first-order valence-corrected chi connectivity index (χ1v) is 8.32. The van der Waals surface area contributed by atoms with Gasteiger partial charge < -0.3 is 9.47 Å². The second-order valence-corrected chi connectivity index (χ2v) is 6.51. The molecule has 1 fully saturated rings. The SMILES string of the molecule is ClCc1nc2cc(I)ccc2n1CCN1CCCC1.